The normalized spacial score (nSPS) is 10.3. The lowest BCUT2D eigenvalue weighted by molar-refractivity contribution is 0.484. The van der Waals surface area contributed by atoms with Crippen LogP contribution in [-0.4, -0.2) is 7.05 Å². The minimum absolute atomic E-state index is 0.249. The molecular formula is C19H16FNO. The van der Waals surface area contributed by atoms with Gasteiger partial charge in [0.1, 0.15) is 17.3 Å². The van der Waals surface area contributed by atoms with Gasteiger partial charge in [0.15, 0.2) is 0 Å². The Morgan fingerprint density at radius 2 is 1.59 bits per heavy atom. The fourth-order valence-electron chi connectivity index (χ4n) is 2.25. The van der Waals surface area contributed by atoms with E-state index in [4.69, 9.17) is 4.74 Å². The summed E-state index contributed by atoms with van der Waals surface area (Å²) < 4.78 is 19.1. The average molecular weight is 293 g/mol. The Hall–Kier alpha value is -2.81. The first-order valence-corrected chi connectivity index (χ1v) is 7.07. The van der Waals surface area contributed by atoms with E-state index in [0.29, 0.717) is 0 Å². The summed E-state index contributed by atoms with van der Waals surface area (Å²) in [4.78, 5) is 0. The maximum Gasteiger partial charge on any atom is 0.137 e. The molecule has 1 N–H and O–H groups in total. The third-order valence-electron chi connectivity index (χ3n) is 3.40. The van der Waals surface area contributed by atoms with Crippen molar-refractivity contribution >= 4 is 5.69 Å². The van der Waals surface area contributed by atoms with Gasteiger partial charge >= 0.3 is 0 Å². The molecule has 0 amide bonds. The molecule has 22 heavy (non-hydrogen) atoms. The van der Waals surface area contributed by atoms with Gasteiger partial charge in [-0.1, -0.05) is 30.3 Å². The number of anilines is 1. The first-order chi connectivity index (χ1) is 10.8. The van der Waals surface area contributed by atoms with Crippen LogP contribution in [0.4, 0.5) is 10.1 Å². The Morgan fingerprint density at radius 1 is 0.864 bits per heavy atom. The van der Waals surface area contributed by atoms with Crippen molar-refractivity contribution < 1.29 is 9.13 Å². The van der Waals surface area contributed by atoms with Gasteiger partial charge in [-0.15, -0.1) is 0 Å². The van der Waals surface area contributed by atoms with Crippen LogP contribution >= 0.6 is 0 Å². The van der Waals surface area contributed by atoms with Crippen LogP contribution in [0.5, 0.6) is 11.5 Å². The van der Waals surface area contributed by atoms with E-state index in [9.17, 15) is 4.39 Å². The predicted octanol–water partition coefficient (Wildman–Crippen LogP) is 5.33. The maximum atomic E-state index is 13.1. The third-order valence-corrected chi connectivity index (χ3v) is 3.40. The Bertz CT molecular complexity index is 754. The molecule has 0 saturated carbocycles. The quantitative estimate of drug-likeness (QED) is 0.702. The second-order valence-corrected chi connectivity index (χ2v) is 4.88. The summed E-state index contributed by atoms with van der Waals surface area (Å²) in [5.41, 5.74) is 2.79. The van der Waals surface area contributed by atoms with Crippen molar-refractivity contribution in [2.45, 2.75) is 0 Å². The molecule has 3 rings (SSSR count). The summed E-state index contributed by atoms with van der Waals surface area (Å²) in [6.07, 6.45) is 0. The highest BCUT2D eigenvalue weighted by atomic mass is 19.1. The molecule has 0 unspecified atom stereocenters. The summed E-state index contributed by atoms with van der Waals surface area (Å²) in [6, 6.07) is 21.9. The van der Waals surface area contributed by atoms with Crippen LogP contribution in [0, 0.1) is 5.82 Å². The lowest BCUT2D eigenvalue weighted by atomic mass is 10.0. The molecule has 3 aromatic rings. The topological polar surface area (TPSA) is 21.3 Å². The number of hydrogen-bond donors (Lipinski definition) is 1. The number of benzene rings is 3. The number of ether oxygens (including phenoxy) is 1. The third kappa shape index (κ3) is 3.09. The summed E-state index contributed by atoms with van der Waals surface area (Å²) in [5.74, 6) is 1.24. The fourth-order valence-corrected chi connectivity index (χ4v) is 2.25. The van der Waals surface area contributed by atoms with Crippen molar-refractivity contribution in [1.82, 2.24) is 0 Å². The van der Waals surface area contributed by atoms with E-state index in [0.717, 1.165) is 28.3 Å². The summed E-state index contributed by atoms with van der Waals surface area (Å²) in [6.45, 7) is 0. The maximum absolute atomic E-state index is 13.1. The van der Waals surface area contributed by atoms with Crippen molar-refractivity contribution in [2.75, 3.05) is 12.4 Å². The fraction of sp³-hybridized carbons (Fsp3) is 0.0526. The lowest BCUT2D eigenvalue weighted by Crippen LogP contribution is -1.92. The van der Waals surface area contributed by atoms with Crippen LogP contribution in [0.15, 0.2) is 72.8 Å². The van der Waals surface area contributed by atoms with E-state index in [2.05, 4.69) is 5.32 Å². The van der Waals surface area contributed by atoms with Crippen molar-refractivity contribution in [3.8, 4) is 22.6 Å². The first-order valence-electron chi connectivity index (χ1n) is 7.07. The molecule has 0 fully saturated rings. The Morgan fingerprint density at radius 3 is 2.27 bits per heavy atom. The van der Waals surface area contributed by atoms with Gasteiger partial charge in [0.25, 0.3) is 0 Å². The zero-order chi connectivity index (χ0) is 15.4. The van der Waals surface area contributed by atoms with Gasteiger partial charge < -0.3 is 10.1 Å². The SMILES string of the molecule is CNc1ccc(-c2ccc(F)cc2)c(Oc2ccccc2)c1. The highest BCUT2D eigenvalue weighted by Gasteiger charge is 2.09. The lowest BCUT2D eigenvalue weighted by Gasteiger charge is -2.13. The summed E-state index contributed by atoms with van der Waals surface area (Å²) in [5, 5.41) is 3.10. The van der Waals surface area contributed by atoms with Crippen LogP contribution in [0.3, 0.4) is 0 Å². The molecule has 0 aliphatic carbocycles. The Kier molecular flexibility index (Phi) is 4.05. The van der Waals surface area contributed by atoms with E-state index >= 15 is 0 Å². The molecule has 0 heterocycles. The van der Waals surface area contributed by atoms with E-state index in [-0.39, 0.29) is 5.82 Å². The predicted molar refractivity (Wildman–Crippen MR) is 87.9 cm³/mol. The highest BCUT2D eigenvalue weighted by molar-refractivity contribution is 5.73. The molecule has 0 aliphatic rings. The molecule has 0 spiro atoms. The molecule has 0 atom stereocenters. The number of rotatable bonds is 4. The standard InChI is InChI=1S/C19H16FNO/c1-21-16-11-12-18(14-7-9-15(20)10-8-14)19(13-16)22-17-5-3-2-4-6-17/h2-13,21H,1H3. The molecule has 2 nitrogen and oxygen atoms in total. The minimum atomic E-state index is -0.249. The molecule has 0 saturated heterocycles. The van der Waals surface area contributed by atoms with Crippen molar-refractivity contribution in [3.05, 3.63) is 78.6 Å². The summed E-state index contributed by atoms with van der Waals surface area (Å²) in [7, 11) is 1.86. The van der Waals surface area contributed by atoms with Crippen LogP contribution in [-0.2, 0) is 0 Å². The highest BCUT2D eigenvalue weighted by Crippen LogP contribution is 2.35. The van der Waals surface area contributed by atoms with Gasteiger partial charge in [0.2, 0.25) is 0 Å². The smallest absolute Gasteiger partial charge is 0.137 e. The molecule has 0 radical (unpaired) electrons. The second kappa shape index (κ2) is 6.31. The number of halogens is 1. The molecule has 3 aromatic carbocycles. The largest absolute Gasteiger partial charge is 0.457 e. The van der Waals surface area contributed by atoms with E-state index in [1.807, 2.05) is 55.6 Å². The molecule has 3 heteroatoms. The van der Waals surface area contributed by atoms with Gasteiger partial charge in [-0.2, -0.15) is 0 Å². The van der Waals surface area contributed by atoms with Gasteiger partial charge in [-0.05, 0) is 42.0 Å². The second-order valence-electron chi connectivity index (χ2n) is 4.88. The number of hydrogen-bond acceptors (Lipinski definition) is 2. The van der Waals surface area contributed by atoms with Crippen molar-refractivity contribution in [3.63, 3.8) is 0 Å². The number of nitrogens with one attached hydrogen (secondary N) is 1. The minimum Gasteiger partial charge on any atom is -0.457 e. The van der Waals surface area contributed by atoms with Gasteiger partial charge in [0, 0.05) is 24.4 Å². The van der Waals surface area contributed by atoms with E-state index in [1.54, 1.807) is 12.1 Å². The zero-order valence-corrected chi connectivity index (χ0v) is 12.2. The Labute approximate surface area is 129 Å². The molecule has 0 aromatic heterocycles. The van der Waals surface area contributed by atoms with Crippen LogP contribution in [0.1, 0.15) is 0 Å². The van der Waals surface area contributed by atoms with E-state index in [1.165, 1.54) is 12.1 Å². The average Bonchev–Trinajstić information content (AvgIpc) is 2.57. The molecule has 0 bridgehead atoms. The van der Waals surface area contributed by atoms with E-state index < -0.39 is 0 Å². The molecule has 110 valence electrons. The van der Waals surface area contributed by atoms with Gasteiger partial charge in [-0.25, -0.2) is 4.39 Å². The van der Waals surface area contributed by atoms with Gasteiger partial charge in [0.05, 0.1) is 0 Å². The first kappa shape index (κ1) is 14.1. The molecular weight excluding hydrogens is 277 g/mol. The summed E-state index contributed by atoms with van der Waals surface area (Å²) >= 11 is 0. The zero-order valence-electron chi connectivity index (χ0n) is 12.2. The molecule has 0 aliphatic heterocycles. The van der Waals surface area contributed by atoms with Crippen LogP contribution in [0.2, 0.25) is 0 Å². The van der Waals surface area contributed by atoms with Crippen LogP contribution < -0.4 is 10.1 Å². The Balaban J connectivity index is 2.03. The monoisotopic (exact) mass is 293 g/mol. The van der Waals surface area contributed by atoms with Crippen LogP contribution in [0.25, 0.3) is 11.1 Å². The number of para-hydroxylation sites is 1. The van der Waals surface area contributed by atoms with Gasteiger partial charge in [-0.3, -0.25) is 0 Å². The van der Waals surface area contributed by atoms with Crippen molar-refractivity contribution in [2.24, 2.45) is 0 Å². The van der Waals surface area contributed by atoms with Crippen molar-refractivity contribution in [1.29, 1.82) is 0 Å².